The molecule has 2 heterocycles. The van der Waals surface area contributed by atoms with Gasteiger partial charge in [0.25, 0.3) is 5.91 Å². The van der Waals surface area contributed by atoms with Gasteiger partial charge in [0.2, 0.25) is 11.7 Å². The highest BCUT2D eigenvalue weighted by molar-refractivity contribution is 5.91. The van der Waals surface area contributed by atoms with Gasteiger partial charge in [0.15, 0.2) is 0 Å². The van der Waals surface area contributed by atoms with E-state index in [-0.39, 0.29) is 35.8 Å². The molecule has 0 bridgehead atoms. The van der Waals surface area contributed by atoms with E-state index in [1.54, 1.807) is 42.2 Å². The van der Waals surface area contributed by atoms with Gasteiger partial charge in [0, 0.05) is 30.8 Å². The summed E-state index contributed by atoms with van der Waals surface area (Å²) in [4.78, 5) is 26.2. The normalized spacial score (nSPS) is 15.2. The number of phenols is 1. The minimum atomic E-state index is -0.278. The van der Waals surface area contributed by atoms with Crippen molar-refractivity contribution >= 4 is 11.8 Å². The van der Waals surface area contributed by atoms with Crippen molar-refractivity contribution in [2.24, 2.45) is 0 Å². The Labute approximate surface area is 145 Å². The number of para-hydroxylation sites is 1. The Bertz CT molecular complexity index is 763. The van der Waals surface area contributed by atoms with Gasteiger partial charge in [-0.3, -0.25) is 9.59 Å². The third-order valence-electron chi connectivity index (χ3n) is 4.37. The molecule has 0 aliphatic carbocycles. The molecule has 0 unspecified atom stereocenters. The van der Waals surface area contributed by atoms with Crippen LogP contribution < -0.4 is 5.32 Å². The highest BCUT2D eigenvalue weighted by Gasteiger charge is 2.25. The molecule has 0 spiro atoms. The second kappa shape index (κ2) is 7.38. The number of hydrogen-bond donors (Lipinski definition) is 2. The van der Waals surface area contributed by atoms with Crippen molar-refractivity contribution in [1.82, 2.24) is 15.4 Å². The van der Waals surface area contributed by atoms with Crippen molar-refractivity contribution in [3.05, 3.63) is 47.3 Å². The quantitative estimate of drug-likeness (QED) is 0.880. The fourth-order valence-electron chi connectivity index (χ4n) is 2.94. The van der Waals surface area contributed by atoms with Gasteiger partial charge < -0.3 is 19.8 Å². The number of nitrogens with one attached hydrogen (secondary N) is 1. The molecular formula is C18H21N3O4. The van der Waals surface area contributed by atoms with Crippen LogP contribution in [0.3, 0.4) is 0 Å². The first-order valence-corrected chi connectivity index (χ1v) is 8.32. The molecule has 0 atom stereocenters. The number of rotatable bonds is 4. The third kappa shape index (κ3) is 4.17. The van der Waals surface area contributed by atoms with Crippen LogP contribution in [0, 0.1) is 6.92 Å². The first-order valence-electron chi connectivity index (χ1n) is 8.32. The lowest BCUT2D eigenvalue weighted by Crippen LogP contribution is -2.46. The van der Waals surface area contributed by atoms with Crippen LogP contribution in [0.25, 0.3) is 0 Å². The van der Waals surface area contributed by atoms with Crippen molar-refractivity contribution in [3.8, 4) is 5.75 Å². The fourth-order valence-corrected chi connectivity index (χ4v) is 2.94. The number of hydrogen-bond acceptors (Lipinski definition) is 5. The second-order valence-corrected chi connectivity index (χ2v) is 6.27. The van der Waals surface area contributed by atoms with E-state index in [4.69, 9.17) is 4.52 Å². The number of piperidine rings is 1. The lowest BCUT2D eigenvalue weighted by Gasteiger charge is -2.32. The predicted octanol–water partition coefficient (Wildman–Crippen LogP) is 1.65. The summed E-state index contributed by atoms with van der Waals surface area (Å²) in [7, 11) is 0. The summed E-state index contributed by atoms with van der Waals surface area (Å²) in [5.74, 6) is 0.0487. The minimum absolute atomic E-state index is 0.00656. The first-order chi connectivity index (χ1) is 12.0. The number of carbonyl (C=O) groups is 2. The summed E-state index contributed by atoms with van der Waals surface area (Å²) in [5.41, 5.74) is 1.29. The zero-order chi connectivity index (χ0) is 17.8. The molecule has 1 aromatic carbocycles. The number of aromatic hydroxyl groups is 1. The first kappa shape index (κ1) is 17.0. The van der Waals surface area contributed by atoms with Crippen LogP contribution >= 0.6 is 0 Å². The van der Waals surface area contributed by atoms with Gasteiger partial charge in [0.05, 0.1) is 12.1 Å². The molecule has 1 aromatic heterocycles. The van der Waals surface area contributed by atoms with Crippen LogP contribution in [0.4, 0.5) is 0 Å². The molecule has 7 heteroatoms. The lowest BCUT2D eigenvalue weighted by atomic mass is 10.0. The molecule has 3 rings (SSSR count). The number of benzene rings is 1. The number of amides is 2. The molecule has 1 saturated heterocycles. The smallest absolute Gasteiger partial charge is 0.290 e. The van der Waals surface area contributed by atoms with E-state index in [1.807, 2.05) is 0 Å². The summed E-state index contributed by atoms with van der Waals surface area (Å²) < 4.78 is 4.95. The largest absolute Gasteiger partial charge is 0.508 e. The molecule has 132 valence electrons. The number of aryl methyl sites for hydroxylation is 1. The Morgan fingerprint density at radius 2 is 2.04 bits per heavy atom. The van der Waals surface area contributed by atoms with Gasteiger partial charge in [0.1, 0.15) is 5.75 Å². The topological polar surface area (TPSA) is 95.7 Å². The molecule has 1 aliphatic heterocycles. The van der Waals surface area contributed by atoms with E-state index in [2.05, 4.69) is 10.5 Å². The van der Waals surface area contributed by atoms with Crippen molar-refractivity contribution < 1.29 is 19.2 Å². The van der Waals surface area contributed by atoms with Gasteiger partial charge in [-0.25, -0.2) is 0 Å². The lowest BCUT2D eigenvalue weighted by molar-refractivity contribution is -0.131. The summed E-state index contributed by atoms with van der Waals surface area (Å²) in [6.07, 6.45) is 1.55. The second-order valence-electron chi connectivity index (χ2n) is 6.27. The molecule has 0 radical (unpaired) electrons. The number of nitrogens with zero attached hydrogens (tertiary/aromatic N) is 2. The zero-order valence-electron chi connectivity index (χ0n) is 14.1. The molecule has 2 amide bonds. The molecule has 1 aliphatic rings. The number of aromatic nitrogens is 1. The van der Waals surface area contributed by atoms with Crippen LogP contribution in [-0.2, 0) is 11.2 Å². The molecule has 1 fully saturated rings. The van der Waals surface area contributed by atoms with E-state index in [9.17, 15) is 14.7 Å². The predicted molar refractivity (Wildman–Crippen MR) is 90.1 cm³/mol. The molecule has 0 saturated carbocycles. The number of carbonyl (C=O) groups excluding carboxylic acids is 2. The average Bonchev–Trinajstić information content (AvgIpc) is 3.04. The Morgan fingerprint density at radius 1 is 1.32 bits per heavy atom. The van der Waals surface area contributed by atoms with E-state index >= 15 is 0 Å². The van der Waals surface area contributed by atoms with Crippen LogP contribution in [0.15, 0.2) is 34.9 Å². The molecule has 7 nitrogen and oxygen atoms in total. The Hall–Kier alpha value is -2.83. The maximum absolute atomic E-state index is 12.4. The van der Waals surface area contributed by atoms with Crippen LogP contribution in [0.5, 0.6) is 5.75 Å². The third-order valence-corrected chi connectivity index (χ3v) is 4.37. The average molecular weight is 343 g/mol. The van der Waals surface area contributed by atoms with Gasteiger partial charge >= 0.3 is 0 Å². The summed E-state index contributed by atoms with van der Waals surface area (Å²) in [6.45, 7) is 2.91. The Kier molecular flexibility index (Phi) is 5.02. The van der Waals surface area contributed by atoms with E-state index in [0.29, 0.717) is 37.2 Å². The molecular weight excluding hydrogens is 322 g/mol. The molecule has 2 aromatic rings. The molecule has 2 N–H and O–H groups in total. The van der Waals surface area contributed by atoms with Crippen LogP contribution in [0.2, 0.25) is 0 Å². The van der Waals surface area contributed by atoms with E-state index < -0.39 is 0 Å². The Balaban J connectivity index is 1.49. The zero-order valence-corrected chi connectivity index (χ0v) is 14.1. The number of likely N-dealkylation sites (tertiary alicyclic amines) is 1. The highest BCUT2D eigenvalue weighted by Crippen LogP contribution is 2.19. The summed E-state index contributed by atoms with van der Waals surface area (Å²) in [5, 5.41) is 16.4. The van der Waals surface area contributed by atoms with Gasteiger partial charge in [-0.1, -0.05) is 23.4 Å². The van der Waals surface area contributed by atoms with Crippen molar-refractivity contribution in [1.29, 1.82) is 0 Å². The SMILES string of the molecule is Cc1cc(C(=O)NC2CCN(C(=O)Cc3ccccc3O)CC2)on1. The van der Waals surface area contributed by atoms with E-state index in [0.717, 1.165) is 0 Å². The summed E-state index contributed by atoms with van der Waals surface area (Å²) >= 11 is 0. The van der Waals surface area contributed by atoms with Crippen molar-refractivity contribution in [2.75, 3.05) is 13.1 Å². The minimum Gasteiger partial charge on any atom is -0.508 e. The van der Waals surface area contributed by atoms with E-state index in [1.165, 1.54) is 0 Å². The highest BCUT2D eigenvalue weighted by atomic mass is 16.5. The Morgan fingerprint density at radius 3 is 2.68 bits per heavy atom. The van der Waals surface area contributed by atoms with Gasteiger partial charge in [-0.15, -0.1) is 0 Å². The van der Waals surface area contributed by atoms with Gasteiger partial charge in [-0.05, 0) is 25.8 Å². The van der Waals surface area contributed by atoms with Crippen LogP contribution in [0.1, 0.15) is 34.7 Å². The molecule has 25 heavy (non-hydrogen) atoms. The maximum atomic E-state index is 12.4. The summed E-state index contributed by atoms with van der Waals surface area (Å²) in [6, 6.07) is 8.46. The van der Waals surface area contributed by atoms with Crippen molar-refractivity contribution in [2.45, 2.75) is 32.2 Å². The van der Waals surface area contributed by atoms with Crippen LogP contribution in [-0.4, -0.2) is 46.1 Å². The van der Waals surface area contributed by atoms with Crippen molar-refractivity contribution in [3.63, 3.8) is 0 Å². The fraction of sp³-hybridized carbons (Fsp3) is 0.389. The maximum Gasteiger partial charge on any atom is 0.290 e. The standard InChI is InChI=1S/C18H21N3O4/c1-12-10-16(25-20-12)18(24)19-14-6-8-21(9-7-14)17(23)11-13-4-2-3-5-15(13)22/h2-5,10,14,22H,6-9,11H2,1H3,(H,19,24). The monoisotopic (exact) mass is 343 g/mol. The number of phenolic OH excluding ortho intramolecular Hbond substituents is 1. The van der Waals surface area contributed by atoms with Gasteiger partial charge in [-0.2, -0.15) is 0 Å².